The summed E-state index contributed by atoms with van der Waals surface area (Å²) in [6, 6.07) is 8.91. The smallest absolute Gasteiger partial charge is 0.319 e. The zero-order valence-corrected chi connectivity index (χ0v) is 15.2. The third-order valence-electron chi connectivity index (χ3n) is 4.05. The van der Waals surface area contributed by atoms with Gasteiger partial charge in [-0.3, -0.25) is 4.79 Å². The predicted molar refractivity (Wildman–Crippen MR) is 95.8 cm³/mol. The SMILES string of the molecule is COc1nccc(OC2CCN(C(=O)COc3ccc(Cl)cc3)CC2)n1. The van der Waals surface area contributed by atoms with Crippen LogP contribution in [-0.4, -0.2) is 53.7 Å². The summed E-state index contributed by atoms with van der Waals surface area (Å²) in [5, 5.41) is 0.632. The first kappa shape index (κ1) is 18.3. The molecular formula is C18H20ClN3O4. The van der Waals surface area contributed by atoms with E-state index in [-0.39, 0.29) is 24.6 Å². The molecule has 1 fully saturated rings. The number of carbonyl (C=O) groups excluding carboxylic acids is 1. The van der Waals surface area contributed by atoms with Crippen LogP contribution in [0.2, 0.25) is 5.02 Å². The second-order valence-electron chi connectivity index (χ2n) is 5.82. The molecule has 8 heteroatoms. The van der Waals surface area contributed by atoms with Gasteiger partial charge in [-0.05, 0) is 24.3 Å². The Morgan fingerprint density at radius 3 is 2.65 bits per heavy atom. The molecule has 0 atom stereocenters. The minimum absolute atomic E-state index is 0.0100. The summed E-state index contributed by atoms with van der Waals surface area (Å²) in [5.74, 6) is 1.06. The van der Waals surface area contributed by atoms with Crippen molar-refractivity contribution in [2.45, 2.75) is 18.9 Å². The summed E-state index contributed by atoms with van der Waals surface area (Å²) in [6.07, 6.45) is 3.07. The Hall–Kier alpha value is -2.54. The van der Waals surface area contributed by atoms with Crippen molar-refractivity contribution in [3.63, 3.8) is 0 Å². The molecule has 0 spiro atoms. The molecule has 3 rings (SSSR count). The second-order valence-corrected chi connectivity index (χ2v) is 6.26. The molecular weight excluding hydrogens is 358 g/mol. The lowest BCUT2D eigenvalue weighted by Crippen LogP contribution is -2.43. The number of aromatic nitrogens is 2. The number of piperidine rings is 1. The van der Waals surface area contributed by atoms with Gasteiger partial charge < -0.3 is 19.1 Å². The fourth-order valence-electron chi connectivity index (χ4n) is 2.65. The molecule has 0 saturated carbocycles. The van der Waals surface area contributed by atoms with Crippen molar-refractivity contribution in [2.75, 3.05) is 26.8 Å². The molecule has 0 unspecified atom stereocenters. The number of methoxy groups -OCH3 is 1. The maximum Gasteiger partial charge on any atom is 0.319 e. The van der Waals surface area contributed by atoms with Crippen LogP contribution in [0.3, 0.4) is 0 Å². The molecule has 1 aromatic heterocycles. The van der Waals surface area contributed by atoms with Gasteiger partial charge in [0.2, 0.25) is 5.88 Å². The predicted octanol–water partition coefficient (Wildman–Crippen LogP) is 2.59. The molecule has 2 heterocycles. The summed E-state index contributed by atoms with van der Waals surface area (Å²) < 4.78 is 16.4. The van der Waals surface area contributed by atoms with Crippen LogP contribution in [0.25, 0.3) is 0 Å². The standard InChI is InChI=1S/C18H20ClN3O4/c1-24-18-20-9-6-16(21-18)26-15-7-10-22(11-8-15)17(23)12-25-14-4-2-13(19)3-5-14/h2-6,9,15H,7-8,10-12H2,1H3. The van der Waals surface area contributed by atoms with Crippen LogP contribution >= 0.6 is 11.6 Å². The second kappa shape index (κ2) is 8.71. The van der Waals surface area contributed by atoms with Gasteiger partial charge in [0, 0.05) is 43.2 Å². The fraction of sp³-hybridized carbons (Fsp3) is 0.389. The Bertz CT molecular complexity index is 733. The van der Waals surface area contributed by atoms with E-state index in [9.17, 15) is 4.79 Å². The summed E-state index contributed by atoms with van der Waals surface area (Å²) >= 11 is 5.83. The molecule has 1 aliphatic rings. The van der Waals surface area contributed by atoms with Crippen molar-refractivity contribution in [1.82, 2.24) is 14.9 Å². The normalized spacial score (nSPS) is 14.8. The largest absolute Gasteiger partial charge is 0.484 e. The first-order chi connectivity index (χ1) is 12.6. The summed E-state index contributed by atoms with van der Waals surface area (Å²) in [4.78, 5) is 22.2. The van der Waals surface area contributed by atoms with Crippen molar-refractivity contribution in [3.8, 4) is 17.6 Å². The maximum absolute atomic E-state index is 12.3. The van der Waals surface area contributed by atoms with Crippen LogP contribution in [0.5, 0.6) is 17.6 Å². The van der Waals surface area contributed by atoms with E-state index in [1.54, 1.807) is 41.4 Å². The quantitative estimate of drug-likeness (QED) is 0.770. The third-order valence-corrected chi connectivity index (χ3v) is 4.30. The van der Waals surface area contributed by atoms with Gasteiger partial charge in [0.15, 0.2) is 6.61 Å². The number of amides is 1. The molecule has 1 aromatic carbocycles. The fourth-order valence-corrected chi connectivity index (χ4v) is 2.78. The van der Waals surface area contributed by atoms with Crippen molar-refractivity contribution in [3.05, 3.63) is 41.6 Å². The molecule has 1 saturated heterocycles. The number of halogens is 1. The van der Waals surface area contributed by atoms with Crippen LogP contribution in [0.1, 0.15) is 12.8 Å². The molecule has 2 aromatic rings. The van der Waals surface area contributed by atoms with Crippen molar-refractivity contribution >= 4 is 17.5 Å². The van der Waals surface area contributed by atoms with Crippen LogP contribution in [-0.2, 0) is 4.79 Å². The Morgan fingerprint density at radius 2 is 1.96 bits per heavy atom. The summed E-state index contributed by atoms with van der Waals surface area (Å²) in [6.45, 7) is 1.25. The minimum atomic E-state index is -0.0397. The lowest BCUT2D eigenvalue weighted by atomic mass is 10.1. The highest BCUT2D eigenvalue weighted by Gasteiger charge is 2.24. The van der Waals surface area contributed by atoms with E-state index in [1.807, 2.05) is 0 Å². The number of hydrogen-bond acceptors (Lipinski definition) is 6. The number of hydrogen-bond donors (Lipinski definition) is 0. The van der Waals surface area contributed by atoms with Crippen LogP contribution in [0.15, 0.2) is 36.5 Å². The van der Waals surface area contributed by atoms with E-state index in [4.69, 9.17) is 25.8 Å². The third kappa shape index (κ3) is 4.98. The van der Waals surface area contributed by atoms with E-state index in [2.05, 4.69) is 9.97 Å². The summed E-state index contributed by atoms with van der Waals surface area (Å²) in [7, 11) is 1.51. The average Bonchev–Trinajstić information content (AvgIpc) is 2.68. The molecule has 0 N–H and O–H groups in total. The highest BCUT2D eigenvalue weighted by molar-refractivity contribution is 6.30. The van der Waals surface area contributed by atoms with E-state index in [1.165, 1.54) is 7.11 Å². The van der Waals surface area contributed by atoms with Gasteiger partial charge in [0.1, 0.15) is 11.9 Å². The molecule has 26 heavy (non-hydrogen) atoms. The van der Waals surface area contributed by atoms with E-state index in [0.717, 1.165) is 12.8 Å². The van der Waals surface area contributed by atoms with Crippen molar-refractivity contribution in [2.24, 2.45) is 0 Å². The monoisotopic (exact) mass is 377 g/mol. The van der Waals surface area contributed by atoms with Gasteiger partial charge >= 0.3 is 6.01 Å². The average molecular weight is 378 g/mol. The zero-order valence-electron chi connectivity index (χ0n) is 14.4. The first-order valence-corrected chi connectivity index (χ1v) is 8.71. The molecule has 138 valence electrons. The van der Waals surface area contributed by atoms with Gasteiger partial charge in [0.05, 0.1) is 7.11 Å². The Labute approximate surface area is 156 Å². The lowest BCUT2D eigenvalue weighted by Gasteiger charge is -2.31. The topological polar surface area (TPSA) is 73.8 Å². The molecule has 7 nitrogen and oxygen atoms in total. The van der Waals surface area contributed by atoms with E-state index >= 15 is 0 Å². The van der Waals surface area contributed by atoms with Gasteiger partial charge in [-0.15, -0.1) is 0 Å². The van der Waals surface area contributed by atoms with E-state index < -0.39 is 0 Å². The number of rotatable bonds is 6. The zero-order chi connectivity index (χ0) is 18.4. The van der Waals surface area contributed by atoms with Gasteiger partial charge in [-0.25, -0.2) is 4.98 Å². The van der Waals surface area contributed by atoms with Gasteiger partial charge in [0.25, 0.3) is 5.91 Å². The molecule has 1 amide bonds. The Morgan fingerprint density at radius 1 is 1.23 bits per heavy atom. The molecule has 0 aliphatic carbocycles. The number of likely N-dealkylation sites (tertiary alicyclic amines) is 1. The highest BCUT2D eigenvalue weighted by Crippen LogP contribution is 2.19. The molecule has 0 bridgehead atoms. The van der Waals surface area contributed by atoms with Crippen molar-refractivity contribution < 1.29 is 19.0 Å². The number of nitrogens with zero attached hydrogens (tertiary/aromatic N) is 3. The highest BCUT2D eigenvalue weighted by atomic mass is 35.5. The van der Waals surface area contributed by atoms with Crippen LogP contribution in [0, 0.1) is 0 Å². The Kier molecular flexibility index (Phi) is 6.12. The Balaban J connectivity index is 1.43. The minimum Gasteiger partial charge on any atom is -0.484 e. The maximum atomic E-state index is 12.3. The molecule has 1 aliphatic heterocycles. The van der Waals surface area contributed by atoms with Crippen molar-refractivity contribution in [1.29, 1.82) is 0 Å². The summed E-state index contributed by atoms with van der Waals surface area (Å²) in [5.41, 5.74) is 0. The number of benzene rings is 1. The first-order valence-electron chi connectivity index (χ1n) is 8.34. The molecule has 0 radical (unpaired) electrons. The van der Waals surface area contributed by atoms with Crippen LogP contribution < -0.4 is 14.2 Å². The van der Waals surface area contributed by atoms with Gasteiger partial charge in [-0.1, -0.05) is 11.6 Å². The number of carbonyl (C=O) groups is 1. The van der Waals surface area contributed by atoms with Gasteiger partial charge in [-0.2, -0.15) is 4.98 Å². The van der Waals surface area contributed by atoms with E-state index in [0.29, 0.717) is 29.7 Å². The lowest BCUT2D eigenvalue weighted by molar-refractivity contribution is -0.135. The number of ether oxygens (including phenoxy) is 3. The van der Waals surface area contributed by atoms with Crippen LogP contribution in [0.4, 0.5) is 0 Å².